The zero-order valence-electron chi connectivity index (χ0n) is 29.3. The Morgan fingerprint density at radius 3 is 1.10 bits per heavy atom. The number of aliphatic imine (C=N–C) groups is 2. The van der Waals surface area contributed by atoms with Gasteiger partial charge in [0, 0.05) is 23.6 Å². The van der Waals surface area contributed by atoms with Crippen molar-refractivity contribution >= 4 is 35.5 Å². The molecule has 4 rings (SSSR count). The standard InChI is InChI=1S/C42H44N2O4.Co/c1-25-19-27(3)37(28(4)20-25)41(47)35(31(7)45)23-43-39(33-15-11-9-12-16-33)40(34-17-13-10-14-18-34)44-24-36(32(8)46)42(48)38-29(5)21-26(2)22-30(38)6;/h9-24,39-40,47-48H,1-8H3;/q;+2/p-2/b41-35-,42-36+,43-23?,44-24?;/t39-,40-;/m1./s1. The average molecular weight is 698 g/mol. The van der Waals surface area contributed by atoms with Gasteiger partial charge < -0.3 is 10.2 Å². The maximum atomic E-state index is 13.8. The van der Waals surface area contributed by atoms with E-state index in [-0.39, 0.29) is 27.9 Å². The summed E-state index contributed by atoms with van der Waals surface area (Å²) in [5, 5.41) is 27.7. The van der Waals surface area contributed by atoms with Gasteiger partial charge >= 0.3 is 16.8 Å². The van der Waals surface area contributed by atoms with E-state index in [1.165, 1.54) is 26.3 Å². The van der Waals surface area contributed by atoms with E-state index in [1.807, 2.05) is 126 Å². The van der Waals surface area contributed by atoms with Crippen LogP contribution in [-0.4, -0.2) is 24.0 Å². The van der Waals surface area contributed by atoms with Crippen LogP contribution in [0.3, 0.4) is 0 Å². The first-order chi connectivity index (χ1) is 22.8. The molecule has 1 radical (unpaired) electrons. The van der Waals surface area contributed by atoms with Crippen molar-refractivity contribution in [3.63, 3.8) is 0 Å². The Balaban J connectivity index is 0.00000650. The van der Waals surface area contributed by atoms with E-state index in [0.29, 0.717) is 11.1 Å². The molecule has 0 amide bonds. The molecule has 0 unspecified atom stereocenters. The van der Waals surface area contributed by atoms with Crippen LogP contribution in [0, 0.1) is 41.5 Å². The summed E-state index contributed by atoms with van der Waals surface area (Å²) in [5.74, 6) is -1.60. The first-order valence-electron chi connectivity index (χ1n) is 16.0. The van der Waals surface area contributed by atoms with Gasteiger partial charge in [0.2, 0.25) is 0 Å². The Morgan fingerprint density at radius 1 is 0.551 bits per heavy atom. The molecule has 0 fully saturated rings. The molecule has 49 heavy (non-hydrogen) atoms. The second-order valence-corrected chi connectivity index (χ2v) is 12.4. The van der Waals surface area contributed by atoms with Crippen LogP contribution in [0.15, 0.2) is 106 Å². The van der Waals surface area contributed by atoms with Crippen LogP contribution >= 0.6 is 0 Å². The topological polar surface area (TPSA) is 105 Å². The minimum atomic E-state index is -0.710. The van der Waals surface area contributed by atoms with Crippen molar-refractivity contribution in [2.75, 3.05) is 0 Å². The van der Waals surface area contributed by atoms with Crippen LogP contribution in [0.25, 0.3) is 11.5 Å². The minimum absolute atomic E-state index is 0. The summed E-state index contributed by atoms with van der Waals surface area (Å²) in [6.07, 6.45) is 2.71. The molecule has 0 aliphatic rings. The molecule has 4 aromatic carbocycles. The molecule has 253 valence electrons. The maximum absolute atomic E-state index is 13.8. The third kappa shape index (κ3) is 9.19. The predicted octanol–water partition coefficient (Wildman–Crippen LogP) is 7.18. The Kier molecular flexibility index (Phi) is 13.4. The molecule has 0 bridgehead atoms. The van der Waals surface area contributed by atoms with Crippen molar-refractivity contribution in [1.29, 1.82) is 0 Å². The Hall–Kier alpha value is -4.85. The fourth-order valence-electron chi connectivity index (χ4n) is 6.27. The predicted molar refractivity (Wildman–Crippen MR) is 192 cm³/mol. The van der Waals surface area contributed by atoms with Crippen molar-refractivity contribution in [1.82, 2.24) is 0 Å². The van der Waals surface area contributed by atoms with Crippen molar-refractivity contribution in [2.24, 2.45) is 9.98 Å². The molecular weight excluding hydrogens is 655 g/mol. The third-order valence-corrected chi connectivity index (χ3v) is 8.37. The number of carbonyl (C=O) groups excluding carboxylic acids is 2. The van der Waals surface area contributed by atoms with Crippen LogP contribution in [0.4, 0.5) is 0 Å². The number of benzene rings is 4. The molecule has 0 spiro atoms. The first-order valence-corrected chi connectivity index (χ1v) is 16.0. The zero-order valence-corrected chi connectivity index (χ0v) is 30.3. The smallest absolute Gasteiger partial charge is 0.872 e. The van der Waals surface area contributed by atoms with Crippen LogP contribution in [0.5, 0.6) is 0 Å². The Labute approximate surface area is 300 Å². The van der Waals surface area contributed by atoms with E-state index >= 15 is 0 Å². The van der Waals surface area contributed by atoms with Gasteiger partial charge in [-0.05, 0) is 99.9 Å². The summed E-state index contributed by atoms with van der Waals surface area (Å²) < 4.78 is 0. The summed E-state index contributed by atoms with van der Waals surface area (Å²) in [4.78, 5) is 35.7. The Morgan fingerprint density at radius 2 is 0.837 bits per heavy atom. The molecule has 0 aromatic heterocycles. The minimum Gasteiger partial charge on any atom is -0.872 e. The molecule has 0 saturated carbocycles. The van der Waals surface area contributed by atoms with E-state index in [0.717, 1.165) is 44.5 Å². The molecule has 6 nitrogen and oxygen atoms in total. The maximum Gasteiger partial charge on any atom is 2.00 e. The average Bonchev–Trinajstić information content (AvgIpc) is 3.01. The summed E-state index contributed by atoms with van der Waals surface area (Å²) in [5.41, 5.74) is 7.62. The van der Waals surface area contributed by atoms with Gasteiger partial charge in [0.25, 0.3) is 0 Å². The van der Waals surface area contributed by atoms with E-state index in [9.17, 15) is 19.8 Å². The van der Waals surface area contributed by atoms with Crippen LogP contribution < -0.4 is 10.2 Å². The van der Waals surface area contributed by atoms with E-state index < -0.39 is 35.2 Å². The van der Waals surface area contributed by atoms with Crippen molar-refractivity contribution in [3.05, 3.63) is 152 Å². The van der Waals surface area contributed by atoms with Gasteiger partial charge in [-0.2, -0.15) is 0 Å². The number of carbonyl (C=O) groups is 2. The molecule has 4 aromatic rings. The molecule has 0 aliphatic heterocycles. The number of nitrogens with zero attached hydrogens (tertiary/aromatic N) is 2. The molecule has 2 atom stereocenters. The molecule has 0 N–H and O–H groups in total. The van der Waals surface area contributed by atoms with E-state index in [1.54, 1.807) is 0 Å². The second kappa shape index (κ2) is 17.0. The number of hydrogen-bond donors (Lipinski definition) is 0. The fourth-order valence-corrected chi connectivity index (χ4v) is 6.27. The quantitative estimate of drug-likeness (QED) is 0.0941. The van der Waals surface area contributed by atoms with Crippen molar-refractivity contribution < 1.29 is 36.6 Å². The van der Waals surface area contributed by atoms with Crippen molar-refractivity contribution in [3.8, 4) is 0 Å². The van der Waals surface area contributed by atoms with Crippen LogP contribution in [0.2, 0.25) is 0 Å². The van der Waals surface area contributed by atoms with Gasteiger partial charge in [0.05, 0.1) is 0 Å². The number of aryl methyl sites for hydroxylation is 6. The van der Waals surface area contributed by atoms with E-state index in [2.05, 4.69) is 0 Å². The van der Waals surface area contributed by atoms with Gasteiger partial charge in [-0.15, -0.1) is 0 Å². The SMILES string of the molecule is CC(=O)/C(C=N[C@H](c1ccccc1)[C@H](N=C/C(C(C)=O)=C(\[O-])c1c(C)cc(C)cc1C)c1ccccc1)=C(\[O-])c1c(C)cc(C)cc1C.[Co+2]. The zero-order chi connectivity index (χ0) is 35.1. The van der Waals surface area contributed by atoms with Crippen LogP contribution in [-0.2, 0) is 26.4 Å². The molecule has 0 heterocycles. The fraction of sp³-hybridized carbons (Fsp3) is 0.238. The van der Waals surface area contributed by atoms with Crippen LogP contribution in [0.1, 0.15) is 81.6 Å². The van der Waals surface area contributed by atoms with Crippen molar-refractivity contribution in [2.45, 2.75) is 67.5 Å². The largest absolute Gasteiger partial charge is 2.00 e. The summed E-state index contributed by atoms with van der Waals surface area (Å²) >= 11 is 0. The van der Waals surface area contributed by atoms with Gasteiger partial charge in [0.15, 0.2) is 11.6 Å². The number of hydrogen-bond acceptors (Lipinski definition) is 6. The van der Waals surface area contributed by atoms with E-state index in [4.69, 9.17) is 9.98 Å². The monoisotopic (exact) mass is 697 g/mol. The molecule has 0 saturated heterocycles. The third-order valence-electron chi connectivity index (χ3n) is 8.37. The molecule has 0 aliphatic carbocycles. The molecular formula is C42H42CoN2O4. The number of Topliss-reactive ketones (excluding diaryl/α,β-unsaturated/α-hetero) is 2. The summed E-state index contributed by atoms with van der Waals surface area (Å²) in [6.45, 7) is 14.1. The normalized spacial score (nSPS) is 13.8. The van der Waals surface area contributed by atoms with Gasteiger partial charge in [-0.25, -0.2) is 0 Å². The summed E-state index contributed by atoms with van der Waals surface area (Å²) in [7, 11) is 0. The summed E-state index contributed by atoms with van der Waals surface area (Å²) in [6, 6.07) is 25.2. The number of ketones is 2. The number of allylic oxidation sites excluding steroid dienone is 2. The number of rotatable bonds is 11. The van der Waals surface area contributed by atoms with Gasteiger partial charge in [-0.1, -0.05) is 108 Å². The molecule has 7 heteroatoms. The van der Waals surface area contributed by atoms with Gasteiger partial charge in [-0.3, -0.25) is 19.6 Å². The first kappa shape index (κ1) is 38.6. The second-order valence-electron chi connectivity index (χ2n) is 12.4. The Bertz CT molecular complexity index is 1770. The van der Waals surface area contributed by atoms with Gasteiger partial charge in [0.1, 0.15) is 12.1 Å².